The van der Waals surface area contributed by atoms with E-state index in [1.54, 1.807) is 17.8 Å². The molecule has 0 radical (unpaired) electrons. The number of hydrogen-bond acceptors (Lipinski definition) is 4. The average molecular weight is 369 g/mol. The number of carbonyl (C=O) groups excluding carboxylic acids is 1. The summed E-state index contributed by atoms with van der Waals surface area (Å²) in [6.07, 6.45) is 4.12. The van der Waals surface area contributed by atoms with Crippen LogP contribution < -0.4 is 11.1 Å². The van der Waals surface area contributed by atoms with Crippen molar-refractivity contribution in [1.29, 1.82) is 0 Å². The second kappa shape index (κ2) is 7.74. The first-order valence-electron chi connectivity index (χ1n) is 8.28. The monoisotopic (exact) mass is 369 g/mol. The zero-order chi connectivity index (χ0) is 18.6. The molecule has 0 bridgehead atoms. The maximum atomic E-state index is 12.9. The molecule has 1 atom stereocenters. The number of amidine groups is 1. The molecule has 1 aliphatic heterocycles. The van der Waals surface area contributed by atoms with Crippen LogP contribution in [0, 0.1) is 5.82 Å². The van der Waals surface area contributed by atoms with Crippen LogP contribution in [0.15, 0.2) is 59.6 Å². The van der Waals surface area contributed by atoms with Gasteiger partial charge < -0.3 is 11.1 Å². The zero-order valence-corrected chi connectivity index (χ0v) is 15.2. The first-order chi connectivity index (χ1) is 12.4. The number of carbonyl (C=O) groups is 1. The van der Waals surface area contributed by atoms with E-state index in [0.29, 0.717) is 10.9 Å². The van der Waals surface area contributed by atoms with Gasteiger partial charge in [-0.05, 0) is 60.9 Å². The van der Waals surface area contributed by atoms with Crippen molar-refractivity contribution in [2.75, 3.05) is 11.1 Å². The van der Waals surface area contributed by atoms with Crippen molar-refractivity contribution in [3.05, 3.63) is 71.6 Å². The summed E-state index contributed by atoms with van der Waals surface area (Å²) >= 11 is 1.57. The molecular formula is C20H20FN3OS. The molecule has 26 heavy (non-hydrogen) atoms. The predicted octanol–water partition coefficient (Wildman–Crippen LogP) is 4.14. The van der Waals surface area contributed by atoms with Gasteiger partial charge in [-0.1, -0.05) is 30.0 Å². The van der Waals surface area contributed by atoms with Crippen LogP contribution >= 0.6 is 11.8 Å². The second-order valence-corrected chi connectivity index (χ2v) is 7.39. The fraction of sp³-hybridized carbons (Fsp3) is 0.200. The van der Waals surface area contributed by atoms with E-state index in [0.717, 1.165) is 23.3 Å². The fourth-order valence-electron chi connectivity index (χ4n) is 2.76. The molecule has 1 unspecified atom stereocenters. The molecule has 134 valence electrons. The minimum Gasteiger partial charge on any atom is -0.379 e. The third kappa shape index (κ3) is 4.52. The van der Waals surface area contributed by atoms with Crippen molar-refractivity contribution < 1.29 is 9.18 Å². The Kier molecular flexibility index (Phi) is 5.42. The molecule has 0 aromatic heterocycles. The Labute approximate surface area is 156 Å². The van der Waals surface area contributed by atoms with Gasteiger partial charge in [-0.25, -0.2) is 4.39 Å². The summed E-state index contributed by atoms with van der Waals surface area (Å²) in [5.74, 6) is 0.323. The molecule has 3 N–H and O–H groups in total. The smallest absolute Gasteiger partial charge is 0.248 e. The highest BCUT2D eigenvalue weighted by molar-refractivity contribution is 8.13. The van der Waals surface area contributed by atoms with E-state index in [9.17, 15) is 9.18 Å². The molecule has 0 saturated carbocycles. The molecule has 0 aliphatic carbocycles. The number of thioether (sulfide) groups is 1. The van der Waals surface area contributed by atoms with Crippen LogP contribution in [-0.4, -0.2) is 16.8 Å². The van der Waals surface area contributed by atoms with Crippen molar-refractivity contribution >= 4 is 34.6 Å². The number of nitrogens with one attached hydrogen (secondary N) is 1. The molecule has 1 heterocycles. The van der Waals surface area contributed by atoms with Crippen molar-refractivity contribution in [1.82, 2.24) is 0 Å². The molecule has 1 amide bonds. The van der Waals surface area contributed by atoms with Crippen molar-refractivity contribution in [2.24, 2.45) is 10.7 Å². The number of nitrogens with two attached hydrogens (primary N) is 1. The molecular weight excluding hydrogens is 349 g/mol. The Morgan fingerprint density at radius 1 is 1.31 bits per heavy atom. The van der Waals surface area contributed by atoms with Gasteiger partial charge in [0.05, 0.1) is 5.54 Å². The van der Waals surface area contributed by atoms with Crippen molar-refractivity contribution in [3.8, 4) is 0 Å². The van der Waals surface area contributed by atoms with Gasteiger partial charge in [0, 0.05) is 17.5 Å². The highest BCUT2D eigenvalue weighted by Crippen LogP contribution is 2.35. The SMILES string of the molecule is CC1(c2cccc(/C=C/C(=O)Nc3ccc(F)cc3)c2)CCSC(N)=N1. The van der Waals surface area contributed by atoms with Gasteiger partial charge in [-0.15, -0.1) is 0 Å². The molecule has 4 nitrogen and oxygen atoms in total. The highest BCUT2D eigenvalue weighted by Gasteiger charge is 2.29. The van der Waals surface area contributed by atoms with Gasteiger partial charge in [-0.3, -0.25) is 9.79 Å². The van der Waals surface area contributed by atoms with Crippen LogP contribution in [0.3, 0.4) is 0 Å². The number of anilines is 1. The van der Waals surface area contributed by atoms with Crippen molar-refractivity contribution in [3.63, 3.8) is 0 Å². The average Bonchev–Trinajstić information content (AvgIpc) is 2.62. The van der Waals surface area contributed by atoms with E-state index in [1.807, 2.05) is 24.3 Å². The molecule has 2 aromatic carbocycles. The second-order valence-electron chi connectivity index (χ2n) is 6.28. The van der Waals surface area contributed by atoms with E-state index in [4.69, 9.17) is 5.73 Å². The van der Waals surface area contributed by atoms with E-state index < -0.39 is 0 Å². The minimum atomic E-state index is -0.340. The summed E-state index contributed by atoms with van der Waals surface area (Å²) in [6.45, 7) is 2.07. The van der Waals surface area contributed by atoms with Crippen LogP contribution in [0.5, 0.6) is 0 Å². The Bertz CT molecular complexity index is 864. The van der Waals surface area contributed by atoms with Crippen LogP contribution in [0.2, 0.25) is 0 Å². The lowest BCUT2D eigenvalue weighted by Gasteiger charge is -2.29. The third-order valence-corrected chi connectivity index (χ3v) is 5.04. The first kappa shape index (κ1) is 18.2. The molecule has 0 saturated heterocycles. The maximum absolute atomic E-state index is 12.9. The third-order valence-electron chi connectivity index (χ3n) is 4.24. The number of halogens is 1. The Hall–Kier alpha value is -2.60. The number of rotatable bonds is 4. The highest BCUT2D eigenvalue weighted by atomic mass is 32.2. The Morgan fingerprint density at radius 2 is 2.08 bits per heavy atom. The largest absolute Gasteiger partial charge is 0.379 e. The predicted molar refractivity (Wildman–Crippen MR) is 107 cm³/mol. The van der Waals surface area contributed by atoms with Crippen molar-refractivity contribution in [2.45, 2.75) is 18.9 Å². The summed E-state index contributed by atoms with van der Waals surface area (Å²) in [7, 11) is 0. The van der Waals surface area contributed by atoms with E-state index in [1.165, 1.54) is 30.3 Å². The lowest BCUT2D eigenvalue weighted by Crippen LogP contribution is -2.28. The number of hydrogen-bond donors (Lipinski definition) is 2. The summed E-state index contributed by atoms with van der Waals surface area (Å²) < 4.78 is 12.9. The van der Waals surface area contributed by atoms with Crippen LogP contribution in [0.1, 0.15) is 24.5 Å². The van der Waals surface area contributed by atoms with Gasteiger partial charge >= 0.3 is 0 Å². The quantitative estimate of drug-likeness (QED) is 0.796. The van der Waals surface area contributed by atoms with Crippen LogP contribution in [0.25, 0.3) is 6.08 Å². The lowest BCUT2D eigenvalue weighted by molar-refractivity contribution is -0.111. The summed E-state index contributed by atoms with van der Waals surface area (Å²) in [5, 5.41) is 3.31. The standard InChI is InChI=1S/C20H20FN3OS/c1-20(11-12-26-19(22)24-20)15-4-2-3-14(13-15)5-10-18(25)23-17-8-6-16(21)7-9-17/h2-10,13H,11-12H2,1H3,(H2,22,24)(H,23,25)/b10-5+. The zero-order valence-electron chi connectivity index (χ0n) is 14.4. The Balaban J connectivity index is 1.72. The molecule has 6 heteroatoms. The van der Waals surface area contributed by atoms with E-state index >= 15 is 0 Å². The van der Waals surface area contributed by atoms with Gasteiger partial charge in [0.2, 0.25) is 5.91 Å². The number of aliphatic imine (C=N–C) groups is 1. The fourth-order valence-corrected chi connectivity index (χ4v) is 3.74. The maximum Gasteiger partial charge on any atom is 0.248 e. The lowest BCUT2D eigenvalue weighted by atomic mass is 9.89. The summed E-state index contributed by atoms with van der Waals surface area (Å²) in [5.41, 5.74) is 8.08. The summed E-state index contributed by atoms with van der Waals surface area (Å²) in [6, 6.07) is 13.6. The van der Waals surface area contributed by atoms with Gasteiger partial charge in [0.15, 0.2) is 5.17 Å². The summed E-state index contributed by atoms with van der Waals surface area (Å²) in [4.78, 5) is 16.6. The Morgan fingerprint density at radius 3 is 2.81 bits per heavy atom. The molecule has 0 fully saturated rings. The normalized spacial score (nSPS) is 20.0. The van der Waals surface area contributed by atoms with Crippen LogP contribution in [0.4, 0.5) is 10.1 Å². The topological polar surface area (TPSA) is 67.5 Å². The van der Waals surface area contributed by atoms with E-state index in [-0.39, 0.29) is 17.3 Å². The molecule has 0 spiro atoms. The van der Waals surface area contributed by atoms with Crippen LogP contribution in [-0.2, 0) is 10.3 Å². The van der Waals surface area contributed by atoms with Gasteiger partial charge in [-0.2, -0.15) is 0 Å². The molecule has 1 aliphatic rings. The number of benzene rings is 2. The minimum absolute atomic E-state index is 0.274. The van der Waals surface area contributed by atoms with Gasteiger partial charge in [0.1, 0.15) is 5.82 Å². The van der Waals surface area contributed by atoms with Gasteiger partial charge in [0.25, 0.3) is 0 Å². The van der Waals surface area contributed by atoms with E-state index in [2.05, 4.69) is 17.2 Å². The molecule has 2 aromatic rings. The first-order valence-corrected chi connectivity index (χ1v) is 9.26. The number of amides is 1. The molecule has 3 rings (SSSR count). The number of nitrogens with zero attached hydrogens (tertiary/aromatic N) is 1.